The van der Waals surface area contributed by atoms with Gasteiger partial charge in [0, 0.05) is 31.6 Å². The first-order chi connectivity index (χ1) is 10.1. The van der Waals surface area contributed by atoms with Crippen molar-refractivity contribution in [3.63, 3.8) is 0 Å². The van der Waals surface area contributed by atoms with Gasteiger partial charge in [-0.25, -0.2) is 0 Å². The molecule has 2 amide bonds. The predicted molar refractivity (Wildman–Crippen MR) is 79.4 cm³/mol. The second kappa shape index (κ2) is 6.89. The van der Waals surface area contributed by atoms with E-state index in [1.165, 1.54) is 0 Å². The highest BCUT2D eigenvalue weighted by Gasteiger charge is 2.28. The highest BCUT2D eigenvalue weighted by atomic mass is 16.2. The van der Waals surface area contributed by atoms with Gasteiger partial charge in [0.1, 0.15) is 0 Å². The number of carbonyl (C=O) groups excluding carboxylic acids is 2. The highest BCUT2D eigenvalue weighted by molar-refractivity contribution is 5.91. The van der Waals surface area contributed by atoms with Crippen LogP contribution < -0.4 is 5.32 Å². The summed E-state index contributed by atoms with van der Waals surface area (Å²) in [7, 11) is 0. The van der Waals surface area contributed by atoms with Crippen molar-refractivity contribution in [2.75, 3.05) is 18.4 Å². The Morgan fingerprint density at radius 3 is 2.71 bits per heavy atom. The van der Waals surface area contributed by atoms with E-state index >= 15 is 0 Å². The first-order valence-electron chi connectivity index (χ1n) is 7.20. The topological polar surface area (TPSA) is 73.2 Å². The molecule has 0 aliphatic carbocycles. The summed E-state index contributed by atoms with van der Waals surface area (Å²) in [4.78, 5) is 25.4. The molecule has 1 fully saturated rings. The van der Waals surface area contributed by atoms with E-state index in [4.69, 9.17) is 5.26 Å². The van der Waals surface area contributed by atoms with Crippen LogP contribution in [0.5, 0.6) is 0 Å². The van der Waals surface area contributed by atoms with E-state index in [9.17, 15) is 9.59 Å². The Bertz CT molecular complexity index is 560. The van der Waals surface area contributed by atoms with Crippen LogP contribution in [-0.2, 0) is 9.59 Å². The van der Waals surface area contributed by atoms with Crippen LogP contribution in [0.25, 0.3) is 0 Å². The van der Waals surface area contributed by atoms with Crippen molar-refractivity contribution in [3.05, 3.63) is 29.8 Å². The third-order valence-electron chi connectivity index (χ3n) is 3.78. The van der Waals surface area contributed by atoms with Crippen molar-refractivity contribution < 1.29 is 9.59 Å². The molecule has 21 heavy (non-hydrogen) atoms. The van der Waals surface area contributed by atoms with E-state index < -0.39 is 0 Å². The minimum absolute atomic E-state index is 0.118. The molecule has 0 spiro atoms. The minimum atomic E-state index is -0.118. The van der Waals surface area contributed by atoms with Gasteiger partial charge >= 0.3 is 0 Å². The van der Waals surface area contributed by atoms with Gasteiger partial charge in [-0.05, 0) is 30.2 Å². The average molecular weight is 285 g/mol. The fourth-order valence-electron chi connectivity index (χ4n) is 2.43. The quantitative estimate of drug-likeness (QED) is 0.900. The van der Waals surface area contributed by atoms with Crippen LogP contribution in [0, 0.1) is 17.2 Å². The van der Waals surface area contributed by atoms with Crippen molar-refractivity contribution >= 4 is 17.5 Å². The molecule has 1 atom stereocenters. The average Bonchev–Trinajstić information content (AvgIpc) is 2.86. The SMILES string of the molecule is CCC1CC(=O)N(CCC(=O)Nc2ccc(C#N)cc2)C1. The third-order valence-corrected chi connectivity index (χ3v) is 3.78. The molecule has 1 saturated heterocycles. The van der Waals surface area contributed by atoms with Crippen molar-refractivity contribution in [1.82, 2.24) is 4.90 Å². The lowest BCUT2D eigenvalue weighted by Crippen LogP contribution is -2.29. The molecule has 0 bridgehead atoms. The molecule has 5 heteroatoms. The summed E-state index contributed by atoms with van der Waals surface area (Å²) in [5.74, 6) is 0.458. The van der Waals surface area contributed by atoms with Gasteiger partial charge in [0.05, 0.1) is 11.6 Å². The summed E-state index contributed by atoms with van der Waals surface area (Å²) >= 11 is 0. The molecular weight excluding hydrogens is 266 g/mol. The van der Waals surface area contributed by atoms with Gasteiger partial charge in [-0.2, -0.15) is 5.26 Å². The molecule has 1 heterocycles. The molecule has 1 aromatic rings. The monoisotopic (exact) mass is 285 g/mol. The molecule has 5 nitrogen and oxygen atoms in total. The van der Waals surface area contributed by atoms with Gasteiger partial charge in [-0.3, -0.25) is 9.59 Å². The van der Waals surface area contributed by atoms with Crippen LogP contribution in [0.1, 0.15) is 31.7 Å². The Labute approximate surface area is 124 Å². The molecule has 0 saturated carbocycles. The molecule has 1 aliphatic heterocycles. The zero-order valence-electron chi connectivity index (χ0n) is 12.1. The van der Waals surface area contributed by atoms with E-state index in [1.54, 1.807) is 29.2 Å². The highest BCUT2D eigenvalue weighted by Crippen LogP contribution is 2.20. The number of benzene rings is 1. The number of hydrogen-bond donors (Lipinski definition) is 1. The number of nitrogens with one attached hydrogen (secondary N) is 1. The molecule has 0 aromatic heterocycles. The zero-order chi connectivity index (χ0) is 15.2. The maximum atomic E-state index is 11.9. The standard InChI is InChI=1S/C16H19N3O2/c1-2-12-9-16(21)19(11-12)8-7-15(20)18-14-5-3-13(10-17)4-6-14/h3-6,12H,2,7-9,11H2,1H3,(H,18,20). The first kappa shape index (κ1) is 15.0. The number of rotatable bonds is 5. The Morgan fingerprint density at radius 2 is 2.14 bits per heavy atom. The lowest BCUT2D eigenvalue weighted by atomic mass is 10.1. The van der Waals surface area contributed by atoms with Crippen LogP contribution in [0.3, 0.4) is 0 Å². The molecular formula is C16H19N3O2. The van der Waals surface area contributed by atoms with Gasteiger partial charge in [0.2, 0.25) is 11.8 Å². The minimum Gasteiger partial charge on any atom is -0.342 e. The molecule has 1 unspecified atom stereocenters. The number of likely N-dealkylation sites (tertiary alicyclic amines) is 1. The van der Waals surface area contributed by atoms with Gasteiger partial charge in [-0.1, -0.05) is 13.3 Å². The van der Waals surface area contributed by atoms with E-state index in [0.717, 1.165) is 13.0 Å². The van der Waals surface area contributed by atoms with Crippen LogP contribution >= 0.6 is 0 Å². The molecule has 0 radical (unpaired) electrons. The fraction of sp³-hybridized carbons (Fsp3) is 0.438. The van der Waals surface area contributed by atoms with Crippen molar-refractivity contribution in [3.8, 4) is 6.07 Å². The summed E-state index contributed by atoms with van der Waals surface area (Å²) in [5, 5.41) is 11.5. The second-order valence-electron chi connectivity index (χ2n) is 5.31. The lowest BCUT2D eigenvalue weighted by molar-refractivity contribution is -0.128. The molecule has 1 aliphatic rings. The molecule has 1 N–H and O–H groups in total. The Morgan fingerprint density at radius 1 is 1.43 bits per heavy atom. The number of carbonyl (C=O) groups is 2. The van der Waals surface area contributed by atoms with Gasteiger partial charge < -0.3 is 10.2 Å². The van der Waals surface area contributed by atoms with E-state index in [-0.39, 0.29) is 11.8 Å². The fourth-order valence-corrected chi connectivity index (χ4v) is 2.43. The van der Waals surface area contributed by atoms with Crippen molar-refractivity contribution in [1.29, 1.82) is 5.26 Å². The summed E-state index contributed by atoms with van der Waals surface area (Å²) in [5.41, 5.74) is 1.22. The number of hydrogen-bond acceptors (Lipinski definition) is 3. The maximum absolute atomic E-state index is 11.9. The number of nitrogens with zero attached hydrogens (tertiary/aromatic N) is 2. The van der Waals surface area contributed by atoms with Gasteiger partial charge in [0.25, 0.3) is 0 Å². The number of anilines is 1. The van der Waals surface area contributed by atoms with Crippen molar-refractivity contribution in [2.45, 2.75) is 26.2 Å². The van der Waals surface area contributed by atoms with E-state index in [2.05, 4.69) is 12.2 Å². The largest absolute Gasteiger partial charge is 0.342 e. The molecule has 2 rings (SSSR count). The molecule has 1 aromatic carbocycles. The summed E-state index contributed by atoms with van der Waals surface area (Å²) in [6.07, 6.45) is 1.90. The second-order valence-corrected chi connectivity index (χ2v) is 5.31. The summed E-state index contributed by atoms with van der Waals surface area (Å²) in [6, 6.07) is 8.74. The van der Waals surface area contributed by atoms with Gasteiger partial charge in [-0.15, -0.1) is 0 Å². The van der Waals surface area contributed by atoms with Crippen LogP contribution in [0.2, 0.25) is 0 Å². The summed E-state index contributed by atoms with van der Waals surface area (Å²) in [6.45, 7) is 3.32. The number of amides is 2. The van der Waals surface area contributed by atoms with Crippen LogP contribution in [-0.4, -0.2) is 29.8 Å². The predicted octanol–water partition coefficient (Wildman–Crippen LogP) is 2.15. The van der Waals surface area contributed by atoms with Crippen LogP contribution in [0.15, 0.2) is 24.3 Å². The first-order valence-corrected chi connectivity index (χ1v) is 7.20. The summed E-state index contributed by atoms with van der Waals surface area (Å²) < 4.78 is 0. The Kier molecular flexibility index (Phi) is 4.94. The zero-order valence-corrected chi connectivity index (χ0v) is 12.1. The Hall–Kier alpha value is -2.35. The van der Waals surface area contributed by atoms with Crippen molar-refractivity contribution in [2.24, 2.45) is 5.92 Å². The van der Waals surface area contributed by atoms with Crippen LogP contribution in [0.4, 0.5) is 5.69 Å². The smallest absolute Gasteiger partial charge is 0.226 e. The van der Waals surface area contributed by atoms with E-state index in [0.29, 0.717) is 36.6 Å². The Balaban J connectivity index is 1.79. The van der Waals surface area contributed by atoms with Gasteiger partial charge in [0.15, 0.2) is 0 Å². The van der Waals surface area contributed by atoms with E-state index in [1.807, 2.05) is 6.07 Å². The lowest BCUT2D eigenvalue weighted by Gasteiger charge is -2.16. The molecule has 110 valence electrons. The normalized spacial score (nSPS) is 17.6. The maximum Gasteiger partial charge on any atom is 0.226 e. The third kappa shape index (κ3) is 4.06. The number of nitriles is 1.